The number of aryl methyl sites for hydroxylation is 2. The summed E-state index contributed by atoms with van der Waals surface area (Å²) in [6, 6.07) is 7.45. The molecule has 1 aromatic carbocycles. The minimum Gasteiger partial charge on any atom is -0.378 e. The molecule has 0 bridgehead atoms. The van der Waals surface area contributed by atoms with Gasteiger partial charge in [-0.1, -0.05) is 44.9 Å². The van der Waals surface area contributed by atoms with Gasteiger partial charge in [-0.25, -0.2) is 0 Å². The summed E-state index contributed by atoms with van der Waals surface area (Å²) in [5.74, 6) is 3.89. The first kappa shape index (κ1) is 21.4. The molecular formula is C28H44O. The van der Waals surface area contributed by atoms with Crippen molar-refractivity contribution >= 4 is 0 Å². The van der Waals surface area contributed by atoms with Crippen molar-refractivity contribution in [1.82, 2.24) is 0 Å². The van der Waals surface area contributed by atoms with Crippen LogP contribution in [0.4, 0.5) is 0 Å². The number of hydrogen-bond acceptors (Lipinski definition) is 1. The van der Waals surface area contributed by atoms with Crippen LogP contribution in [0.25, 0.3) is 0 Å². The largest absolute Gasteiger partial charge is 0.378 e. The summed E-state index contributed by atoms with van der Waals surface area (Å²) >= 11 is 0. The molecule has 0 radical (unpaired) electrons. The molecule has 0 aliphatic heterocycles. The smallest absolute Gasteiger partial charge is 0.0578 e. The Morgan fingerprint density at radius 3 is 2.38 bits per heavy atom. The fourth-order valence-electron chi connectivity index (χ4n) is 6.63. The van der Waals surface area contributed by atoms with Gasteiger partial charge in [-0.15, -0.1) is 0 Å². The molecular weight excluding hydrogens is 352 g/mol. The number of hydrogen-bond donors (Lipinski definition) is 0. The highest BCUT2D eigenvalue weighted by Gasteiger charge is 2.38. The van der Waals surface area contributed by atoms with Crippen LogP contribution < -0.4 is 0 Å². The van der Waals surface area contributed by atoms with Crippen LogP contribution in [-0.4, -0.2) is 12.7 Å². The van der Waals surface area contributed by atoms with Crippen molar-refractivity contribution in [3.05, 3.63) is 34.9 Å². The third kappa shape index (κ3) is 5.46. The standard InChI is InChI=1S/C28H44O/c1-3-5-7-21-8-9-23-18-24(11-10-22(23)17-21)25-12-13-27-20-28(29-16-6-4-2)15-14-26(27)19-25/h8-9,17,24-28H,3-7,10-16,18-20H2,1-2H3/t24?,25?,26-,27?,28-/m1/s1. The quantitative estimate of drug-likeness (QED) is 0.412. The maximum Gasteiger partial charge on any atom is 0.0578 e. The van der Waals surface area contributed by atoms with Crippen LogP contribution in [-0.2, 0) is 24.0 Å². The Morgan fingerprint density at radius 2 is 1.55 bits per heavy atom. The van der Waals surface area contributed by atoms with E-state index in [9.17, 15) is 0 Å². The van der Waals surface area contributed by atoms with E-state index in [2.05, 4.69) is 32.0 Å². The number of fused-ring (bicyclic) bond motifs is 2. The number of rotatable bonds is 8. The third-order valence-corrected chi connectivity index (χ3v) is 8.48. The van der Waals surface area contributed by atoms with Crippen molar-refractivity contribution in [2.45, 2.75) is 110 Å². The van der Waals surface area contributed by atoms with Crippen LogP contribution >= 0.6 is 0 Å². The summed E-state index contributed by atoms with van der Waals surface area (Å²) < 4.78 is 6.19. The van der Waals surface area contributed by atoms with E-state index < -0.39 is 0 Å². The summed E-state index contributed by atoms with van der Waals surface area (Å²) in [5.41, 5.74) is 4.92. The lowest BCUT2D eigenvalue weighted by molar-refractivity contribution is -0.0247. The molecule has 162 valence electrons. The molecule has 3 aliphatic rings. The van der Waals surface area contributed by atoms with E-state index in [1.165, 1.54) is 89.9 Å². The molecule has 0 aromatic heterocycles. The highest BCUT2D eigenvalue weighted by molar-refractivity contribution is 5.34. The van der Waals surface area contributed by atoms with Crippen LogP contribution in [0.5, 0.6) is 0 Å². The van der Waals surface area contributed by atoms with E-state index in [0.717, 1.165) is 30.3 Å². The van der Waals surface area contributed by atoms with Crippen molar-refractivity contribution in [3.63, 3.8) is 0 Å². The lowest BCUT2D eigenvalue weighted by Gasteiger charge is -2.45. The maximum absolute atomic E-state index is 6.19. The van der Waals surface area contributed by atoms with Crippen molar-refractivity contribution < 1.29 is 4.74 Å². The zero-order chi connectivity index (χ0) is 20.1. The highest BCUT2D eigenvalue weighted by Crippen LogP contribution is 2.47. The average molecular weight is 397 g/mol. The monoisotopic (exact) mass is 396 g/mol. The minimum absolute atomic E-state index is 0.572. The Kier molecular flexibility index (Phi) is 7.73. The Labute approximate surface area is 180 Å². The van der Waals surface area contributed by atoms with Gasteiger partial charge in [0.25, 0.3) is 0 Å². The summed E-state index contributed by atoms with van der Waals surface area (Å²) in [4.78, 5) is 0. The van der Waals surface area contributed by atoms with Gasteiger partial charge in [-0.2, -0.15) is 0 Å². The van der Waals surface area contributed by atoms with Gasteiger partial charge in [0.1, 0.15) is 0 Å². The zero-order valence-electron chi connectivity index (χ0n) is 19.1. The topological polar surface area (TPSA) is 9.23 Å². The molecule has 1 nitrogen and oxygen atoms in total. The van der Waals surface area contributed by atoms with Crippen LogP contribution in [0.3, 0.4) is 0 Å². The fourth-order valence-corrected chi connectivity index (χ4v) is 6.63. The molecule has 0 amide bonds. The third-order valence-electron chi connectivity index (χ3n) is 8.48. The average Bonchev–Trinajstić information content (AvgIpc) is 2.77. The zero-order valence-corrected chi connectivity index (χ0v) is 19.1. The van der Waals surface area contributed by atoms with Gasteiger partial charge in [0.2, 0.25) is 0 Å². The first-order valence-electron chi connectivity index (χ1n) is 13.0. The highest BCUT2D eigenvalue weighted by atomic mass is 16.5. The van der Waals surface area contributed by atoms with Crippen LogP contribution in [0.15, 0.2) is 18.2 Å². The molecule has 2 fully saturated rings. The molecule has 1 aromatic rings. The van der Waals surface area contributed by atoms with Gasteiger partial charge < -0.3 is 4.74 Å². The molecule has 2 saturated carbocycles. The number of unbranched alkanes of at least 4 members (excludes halogenated alkanes) is 2. The number of benzene rings is 1. The van der Waals surface area contributed by atoms with E-state index in [0.29, 0.717) is 6.10 Å². The SMILES string of the molecule is CCCCO[C@@H]1CC[C@@H]2CC(C3CCc4cc(CCCC)ccc4C3)CCC2C1. The van der Waals surface area contributed by atoms with Gasteiger partial charge in [-0.3, -0.25) is 0 Å². The Hall–Kier alpha value is -0.820. The number of ether oxygens (including phenoxy) is 1. The van der Waals surface area contributed by atoms with Crippen LogP contribution in [0, 0.1) is 23.7 Å². The van der Waals surface area contributed by atoms with E-state index in [1.807, 2.05) is 0 Å². The van der Waals surface area contributed by atoms with Crippen molar-refractivity contribution in [3.8, 4) is 0 Å². The van der Waals surface area contributed by atoms with Crippen LogP contribution in [0.2, 0.25) is 0 Å². The second-order valence-electron chi connectivity index (χ2n) is 10.5. The Bertz CT molecular complexity index is 635. The van der Waals surface area contributed by atoms with E-state index in [1.54, 1.807) is 16.7 Å². The van der Waals surface area contributed by atoms with Crippen molar-refractivity contribution in [2.75, 3.05) is 6.61 Å². The molecule has 1 heteroatoms. The first-order valence-corrected chi connectivity index (χ1v) is 13.0. The second kappa shape index (κ2) is 10.5. The van der Waals surface area contributed by atoms with E-state index in [-0.39, 0.29) is 0 Å². The molecule has 3 unspecified atom stereocenters. The lowest BCUT2D eigenvalue weighted by atomic mass is 9.62. The van der Waals surface area contributed by atoms with Gasteiger partial charge >= 0.3 is 0 Å². The molecule has 0 heterocycles. The first-order chi connectivity index (χ1) is 14.3. The van der Waals surface area contributed by atoms with E-state index in [4.69, 9.17) is 4.74 Å². The van der Waals surface area contributed by atoms with Crippen molar-refractivity contribution in [1.29, 1.82) is 0 Å². The second-order valence-corrected chi connectivity index (χ2v) is 10.5. The maximum atomic E-state index is 6.19. The van der Waals surface area contributed by atoms with Crippen molar-refractivity contribution in [2.24, 2.45) is 23.7 Å². The molecule has 5 atom stereocenters. The van der Waals surface area contributed by atoms with Crippen LogP contribution in [0.1, 0.15) is 101 Å². The summed E-state index contributed by atoms with van der Waals surface area (Å²) in [6.45, 7) is 5.54. The van der Waals surface area contributed by atoms with Gasteiger partial charge in [0.15, 0.2) is 0 Å². The Balaban J connectivity index is 1.28. The predicted molar refractivity (Wildman–Crippen MR) is 123 cm³/mol. The molecule has 4 rings (SSSR count). The molecule has 3 aliphatic carbocycles. The molecule has 0 spiro atoms. The predicted octanol–water partition coefficient (Wildman–Crippen LogP) is 7.54. The van der Waals surface area contributed by atoms with Gasteiger partial charge in [0, 0.05) is 6.61 Å². The fraction of sp³-hybridized carbons (Fsp3) is 0.786. The summed E-state index contributed by atoms with van der Waals surface area (Å²) in [5, 5.41) is 0. The molecule has 29 heavy (non-hydrogen) atoms. The van der Waals surface area contributed by atoms with Gasteiger partial charge in [-0.05, 0) is 117 Å². The molecule has 0 saturated heterocycles. The van der Waals surface area contributed by atoms with Gasteiger partial charge in [0.05, 0.1) is 6.10 Å². The summed E-state index contributed by atoms with van der Waals surface area (Å²) in [6.07, 6.45) is 19.7. The minimum atomic E-state index is 0.572. The van der Waals surface area contributed by atoms with E-state index >= 15 is 0 Å². The summed E-state index contributed by atoms with van der Waals surface area (Å²) in [7, 11) is 0. The Morgan fingerprint density at radius 1 is 0.793 bits per heavy atom. The normalized spacial score (nSPS) is 31.9. The molecule has 0 N–H and O–H groups in total. The lowest BCUT2D eigenvalue weighted by Crippen LogP contribution is -2.37.